The van der Waals surface area contributed by atoms with Gasteiger partial charge in [0.1, 0.15) is 16.8 Å². The van der Waals surface area contributed by atoms with Gasteiger partial charge < -0.3 is 18.4 Å². The third-order valence-corrected chi connectivity index (χ3v) is 3.72. The van der Waals surface area contributed by atoms with E-state index in [1.54, 1.807) is 62.3 Å². The Morgan fingerprint density at radius 1 is 0.655 bits per heavy atom. The largest absolute Gasteiger partial charge is 0.534 e. The zero-order valence-electron chi connectivity index (χ0n) is 18.1. The van der Waals surface area contributed by atoms with Crippen LogP contribution in [0.1, 0.15) is 62.3 Å². The van der Waals surface area contributed by atoms with E-state index in [2.05, 4.69) is 4.18 Å². The van der Waals surface area contributed by atoms with E-state index in [0.717, 1.165) is 6.07 Å². The molecule has 0 saturated carbocycles. The molecule has 10 heteroatoms. The fourth-order valence-electron chi connectivity index (χ4n) is 1.97. The summed E-state index contributed by atoms with van der Waals surface area (Å²) in [5, 5.41) is 0. The number of alkyl halides is 3. The van der Waals surface area contributed by atoms with E-state index in [1.165, 1.54) is 6.07 Å². The van der Waals surface area contributed by atoms with Crippen LogP contribution < -0.4 is 18.4 Å². The van der Waals surface area contributed by atoms with Gasteiger partial charge in [-0.3, -0.25) is 0 Å². The first-order valence-corrected chi connectivity index (χ1v) is 10.3. The van der Waals surface area contributed by atoms with Crippen molar-refractivity contribution < 1.29 is 40.0 Å². The summed E-state index contributed by atoms with van der Waals surface area (Å²) in [5.74, 6) is -0.847. The molecule has 0 aliphatic rings. The topological polar surface area (TPSA) is 71.1 Å². The molecule has 0 amide bonds. The van der Waals surface area contributed by atoms with Crippen molar-refractivity contribution in [3.63, 3.8) is 0 Å². The van der Waals surface area contributed by atoms with Crippen LogP contribution in [0.15, 0.2) is 12.1 Å². The summed E-state index contributed by atoms with van der Waals surface area (Å²) < 4.78 is 83.6. The van der Waals surface area contributed by atoms with Crippen molar-refractivity contribution in [1.82, 2.24) is 0 Å². The maximum atomic E-state index is 12.9. The zero-order chi connectivity index (χ0) is 23.1. The van der Waals surface area contributed by atoms with Gasteiger partial charge in [0.15, 0.2) is 11.5 Å². The molecule has 0 bridgehead atoms. The second kappa shape index (κ2) is 7.77. The molecule has 0 radical (unpaired) electrons. The van der Waals surface area contributed by atoms with Gasteiger partial charge in [-0.2, -0.15) is 21.6 Å². The van der Waals surface area contributed by atoms with Crippen LogP contribution >= 0.6 is 0 Å². The van der Waals surface area contributed by atoms with Crippen LogP contribution in [-0.4, -0.2) is 30.7 Å². The number of hydrogen-bond acceptors (Lipinski definition) is 6. The Hall–Kier alpha value is -1.84. The van der Waals surface area contributed by atoms with Crippen LogP contribution in [0.25, 0.3) is 0 Å². The summed E-state index contributed by atoms with van der Waals surface area (Å²) >= 11 is 0. The van der Waals surface area contributed by atoms with Gasteiger partial charge in [0.2, 0.25) is 11.5 Å². The van der Waals surface area contributed by atoms with E-state index in [9.17, 15) is 21.6 Å². The number of ether oxygens (including phenoxy) is 3. The predicted molar refractivity (Wildman–Crippen MR) is 103 cm³/mol. The number of hydrogen-bond donors (Lipinski definition) is 0. The van der Waals surface area contributed by atoms with Gasteiger partial charge in [-0.1, -0.05) is 0 Å². The third-order valence-electron chi connectivity index (χ3n) is 2.76. The fraction of sp³-hybridized carbons (Fsp3) is 0.684. The molecule has 29 heavy (non-hydrogen) atoms. The first-order chi connectivity index (χ1) is 12.6. The Morgan fingerprint density at radius 3 is 1.34 bits per heavy atom. The lowest BCUT2D eigenvalue weighted by Crippen LogP contribution is -2.30. The maximum Gasteiger partial charge on any atom is 0.534 e. The summed E-state index contributed by atoms with van der Waals surface area (Å²) in [4.78, 5) is 0. The van der Waals surface area contributed by atoms with Gasteiger partial charge in [-0.25, -0.2) is 0 Å². The third kappa shape index (κ3) is 7.83. The normalized spacial score (nSPS) is 13.8. The first kappa shape index (κ1) is 25.2. The Bertz CT molecular complexity index is 826. The summed E-state index contributed by atoms with van der Waals surface area (Å²) in [6.07, 6.45) is 0. The molecule has 0 aliphatic heterocycles. The molecule has 6 nitrogen and oxygen atoms in total. The second-order valence-corrected chi connectivity index (χ2v) is 10.9. The van der Waals surface area contributed by atoms with E-state index < -0.39 is 38.2 Å². The molecule has 168 valence electrons. The summed E-state index contributed by atoms with van der Waals surface area (Å²) in [7, 11) is -5.91. The van der Waals surface area contributed by atoms with E-state index >= 15 is 0 Å². The molecule has 0 fully saturated rings. The van der Waals surface area contributed by atoms with Crippen LogP contribution in [0.5, 0.6) is 23.0 Å². The minimum atomic E-state index is -5.91. The van der Waals surface area contributed by atoms with Gasteiger partial charge in [-0.15, -0.1) is 0 Å². The van der Waals surface area contributed by atoms with E-state index in [0.29, 0.717) is 0 Å². The molecule has 0 spiro atoms. The highest BCUT2D eigenvalue weighted by Crippen LogP contribution is 2.49. The highest BCUT2D eigenvalue weighted by Gasteiger charge is 2.49. The lowest BCUT2D eigenvalue weighted by Gasteiger charge is -2.31. The van der Waals surface area contributed by atoms with Crippen LogP contribution in [0.2, 0.25) is 0 Å². The van der Waals surface area contributed by atoms with E-state index in [-0.39, 0.29) is 17.2 Å². The monoisotopic (exact) mass is 442 g/mol. The quantitative estimate of drug-likeness (QED) is 0.446. The zero-order valence-corrected chi connectivity index (χ0v) is 19.0. The van der Waals surface area contributed by atoms with Crippen molar-refractivity contribution in [3.8, 4) is 23.0 Å². The molecular weight excluding hydrogens is 413 g/mol. The van der Waals surface area contributed by atoms with Crippen LogP contribution in [0.4, 0.5) is 13.2 Å². The van der Waals surface area contributed by atoms with Crippen molar-refractivity contribution in [2.75, 3.05) is 0 Å². The molecule has 0 atom stereocenters. The number of rotatable bonds is 5. The van der Waals surface area contributed by atoms with Crippen LogP contribution in [0, 0.1) is 0 Å². The molecular formula is C19H29F3O6S. The molecule has 1 aromatic rings. The fourth-order valence-corrected chi connectivity index (χ4v) is 2.44. The first-order valence-electron chi connectivity index (χ1n) is 8.86. The van der Waals surface area contributed by atoms with Gasteiger partial charge in [0.05, 0.1) is 0 Å². The van der Waals surface area contributed by atoms with E-state index in [1.807, 2.05) is 0 Å². The summed E-state index contributed by atoms with van der Waals surface area (Å²) in [6.45, 7) is 15.4. The highest BCUT2D eigenvalue weighted by atomic mass is 32.2. The average Bonchev–Trinajstić information content (AvgIpc) is 2.39. The van der Waals surface area contributed by atoms with Gasteiger partial charge in [0.25, 0.3) is 0 Å². The molecule has 0 heterocycles. The van der Waals surface area contributed by atoms with Crippen molar-refractivity contribution in [3.05, 3.63) is 12.1 Å². The van der Waals surface area contributed by atoms with Crippen LogP contribution in [-0.2, 0) is 10.1 Å². The standard InChI is InChI=1S/C19H29F3O6S/c1-16(2,3)25-12-10-11-13(28-29(23,24)19(20,21)22)15(27-18(7,8)9)14(12)26-17(4,5)6/h10-11H,1-9H3. The average molecular weight is 442 g/mol. The Morgan fingerprint density at radius 2 is 1.00 bits per heavy atom. The smallest absolute Gasteiger partial charge is 0.484 e. The second-order valence-electron chi connectivity index (χ2n) is 9.35. The Labute approximate surface area is 170 Å². The van der Waals surface area contributed by atoms with Gasteiger partial charge in [-0.05, 0) is 74.4 Å². The summed E-state index contributed by atoms with van der Waals surface area (Å²) in [6, 6.07) is 2.32. The SMILES string of the molecule is CC(C)(C)Oc1ccc(OS(=O)(=O)C(F)(F)F)c(OC(C)(C)C)c1OC(C)(C)C. The molecule has 1 rings (SSSR count). The van der Waals surface area contributed by atoms with Crippen LogP contribution in [0.3, 0.4) is 0 Å². The van der Waals surface area contributed by atoms with Crippen molar-refractivity contribution >= 4 is 10.1 Å². The minimum Gasteiger partial charge on any atom is -0.484 e. The minimum absolute atomic E-state index is 0.0581. The number of halogens is 3. The van der Waals surface area contributed by atoms with Gasteiger partial charge >= 0.3 is 15.6 Å². The summed E-state index contributed by atoms with van der Waals surface area (Å²) in [5.41, 5.74) is -7.98. The van der Waals surface area contributed by atoms with Crippen molar-refractivity contribution in [1.29, 1.82) is 0 Å². The van der Waals surface area contributed by atoms with Crippen molar-refractivity contribution in [2.24, 2.45) is 0 Å². The predicted octanol–water partition coefficient (Wildman–Crippen LogP) is 5.45. The van der Waals surface area contributed by atoms with E-state index in [4.69, 9.17) is 14.2 Å². The molecule has 0 unspecified atom stereocenters. The number of benzene rings is 1. The van der Waals surface area contributed by atoms with Gasteiger partial charge in [0, 0.05) is 0 Å². The molecule has 0 saturated heterocycles. The Kier molecular flexibility index (Phi) is 6.75. The molecule has 0 N–H and O–H groups in total. The lowest BCUT2D eigenvalue weighted by molar-refractivity contribution is -0.0501. The highest BCUT2D eigenvalue weighted by molar-refractivity contribution is 7.88. The lowest BCUT2D eigenvalue weighted by atomic mass is 10.1. The Balaban J connectivity index is 3.75. The molecule has 0 aliphatic carbocycles. The molecule has 0 aromatic heterocycles. The maximum absolute atomic E-state index is 12.9. The molecule has 1 aromatic carbocycles. The van der Waals surface area contributed by atoms with Crippen molar-refractivity contribution in [2.45, 2.75) is 84.6 Å².